The molecule has 0 atom stereocenters. The Labute approximate surface area is 81.2 Å². The van der Waals surface area contributed by atoms with Gasteiger partial charge in [0, 0.05) is 0 Å². The Balaban J connectivity index is 0.000001000. The standard InChI is InChI=1S/C10H13.Li/c1-7-5-9(3)10(4)6-8(7)2;/h5H,1-4H3;/q-1;+1. The maximum absolute atomic E-state index is 3.31. The normalized spacial score (nSPS) is 16.4. The van der Waals surface area contributed by atoms with Crippen LogP contribution < -0.4 is 18.9 Å². The van der Waals surface area contributed by atoms with E-state index in [0.29, 0.717) is 0 Å². The van der Waals surface area contributed by atoms with Crippen LogP contribution in [0.1, 0.15) is 27.7 Å². The maximum atomic E-state index is 3.31. The zero-order chi connectivity index (χ0) is 7.72. The van der Waals surface area contributed by atoms with E-state index in [9.17, 15) is 0 Å². The van der Waals surface area contributed by atoms with Crippen molar-refractivity contribution in [3.8, 4) is 0 Å². The van der Waals surface area contributed by atoms with Crippen molar-refractivity contribution in [3.05, 3.63) is 34.4 Å². The van der Waals surface area contributed by atoms with Crippen LogP contribution in [-0.2, 0) is 0 Å². The van der Waals surface area contributed by atoms with E-state index < -0.39 is 0 Å². The fraction of sp³-hybridized carbons (Fsp3) is 0.400. The molecule has 0 saturated carbocycles. The summed E-state index contributed by atoms with van der Waals surface area (Å²) in [6.45, 7) is 8.44. The first-order valence-corrected chi connectivity index (χ1v) is 3.58. The van der Waals surface area contributed by atoms with Crippen molar-refractivity contribution in [1.29, 1.82) is 0 Å². The van der Waals surface area contributed by atoms with Crippen molar-refractivity contribution in [1.82, 2.24) is 0 Å². The Morgan fingerprint density at radius 3 is 2.27 bits per heavy atom. The van der Waals surface area contributed by atoms with E-state index in [1.807, 2.05) is 0 Å². The predicted octanol–water partition coefficient (Wildman–Crippen LogP) is 0.0362. The van der Waals surface area contributed by atoms with Gasteiger partial charge in [-0.3, -0.25) is 5.73 Å². The molecule has 0 radical (unpaired) electrons. The average Bonchev–Trinajstić information content (AvgIpc) is 1.84. The molecule has 0 unspecified atom stereocenters. The van der Waals surface area contributed by atoms with Crippen LogP contribution in [-0.4, -0.2) is 0 Å². The molecule has 0 fully saturated rings. The van der Waals surface area contributed by atoms with E-state index in [2.05, 4.69) is 39.5 Å². The van der Waals surface area contributed by atoms with Crippen molar-refractivity contribution >= 4 is 0 Å². The van der Waals surface area contributed by atoms with E-state index in [1.54, 1.807) is 0 Å². The molecule has 1 aliphatic rings. The molecule has 0 nitrogen and oxygen atoms in total. The monoisotopic (exact) mass is 140 g/mol. The van der Waals surface area contributed by atoms with Crippen LogP contribution in [0.3, 0.4) is 0 Å². The van der Waals surface area contributed by atoms with E-state index in [0.717, 1.165) is 0 Å². The Bertz CT molecular complexity index is 240. The first kappa shape index (κ1) is 10.7. The summed E-state index contributed by atoms with van der Waals surface area (Å²) in [4.78, 5) is 0. The van der Waals surface area contributed by atoms with Crippen molar-refractivity contribution in [2.24, 2.45) is 0 Å². The molecular weight excluding hydrogens is 127 g/mol. The molecule has 0 amide bonds. The third kappa shape index (κ3) is 2.35. The molecule has 0 bridgehead atoms. The zero-order valence-corrected chi connectivity index (χ0v) is 8.08. The number of hydrogen-bond donors (Lipinski definition) is 0. The SMILES string of the molecule is CC1=C=C(C)[C-](C)C=C1C.[Li+]. The third-order valence-electron chi connectivity index (χ3n) is 1.99. The van der Waals surface area contributed by atoms with E-state index in [1.165, 1.54) is 22.6 Å². The summed E-state index contributed by atoms with van der Waals surface area (Å²) in [6.07, 6.45) is 2.21. The minimum absolute atomic E-state index is 0. The van der Waals surface area contributed by atoms with Crippen LogP contribution in [0.4, 0.5) is 0 Å². The molecule has 0 heterocycles. The molecule has 0 saturated heterocycles. The van der Waals surface area contributed by atoms with Gasteiger partial charge in [0.25, 0.3) is 0 Å². The number of rotatable bonds is 0. The molecule has 1 rings (SSSR count). The molecule has 0 aromatic rings. The van der Waals surface area contributed by atoms with Gasteiger partial charge in [-0.05, 0) is 0 Å². The molecule has 0 aliphatic heterocycles. The molecule has 0 aromatic heterocycles. The van der Waals surface area contributed by atoms with Crippen LogP contribution >= 0.6 is 0 Å². The topological polar surface area (TPSA) is 0 Å². The summed E-state index contributed by atoms with van der Waals surface area (Å²) in [7, 11) is 0. The van der Waals surface area contributed by atoms with E-state index in [-0.39, 0.29) is 18.9 Å². The summed E-state index contributed by atoms with van der Waals surface area (Å²) in [6, 6.07) is 0. The van der Waals surface area contributed by atoms with Crippen molar-refractivity contribution in [3.63, 3.8) is 0 Å². The van der Waals surface area contributed by atoms with Gasteiger partial charge in [-0.25, -0.2) is 0 Å². The van der Waals surface area contributed by atoms with E-state index in [4.69, 9.17) is 0 Å². The second-order valence-electron chi connectivity index (χ2n) is 2.89. The molecule has 0 N–H and O–H groups in total. The Kier molecular flexibility index (Phi) is 3.83. The Morgan fingerprint density at radius 2 is 1.82 bits per heavy atom. The van der Waals surface area contributed by atoms with Gasteiger partial charge >= 0.3 is 18.9 Å². The summed E-state index contributed by atoms with van der Waals surface area (Å²) >= 11 is 0. The van der Waals surface area contributed by atoms with E-state index >= 15 is 0 Å². The van der Waals surface area contributed by atoms with Crippen molar-refractivity contribution in [2.75, 3.05) is 0 Å². The molecule has 1 heteroatoms. The quantitative estimate of drug-likeness (QED) is 0.253. The summed E-state index contributed by atoms with van der Waals surface area (Å²) in [5.74, 6) is 1.34. The Hall–Kier alpha value is -0.273. The zero-order valence-electron chi connectivity index (χ0n) is 8.08. The summed E-state index contributed by atoms with van der Waals surface area (Å²) in [5, 5.41) is 0. The predicted molar refractivity (Wildman–Crippen MR) is 44.6 cm³/mol. The minimum Gasteiger partial charge on any atom is -0.277 e. The first-order chi connectivity index (χ1) is 4.61. The minimum atomic E-state index is 0. The van der Waals surface area contributed by atoms with Gasteiger partial charge in [0.1, 0.15) is 0 Å². The van der Waals surface area contributed by atoms with Crippen molar-refractivity contribution < 1.29 is 18.9 Å². The van der Waals surface area contributed by atoms with Gasteiger partial charge in [-0.15, -0.1) is 22.6 Å². The van der Waals surface area contributed by atoms with Gasteiger partial charge in [0.2, 0.25) is 0 Å². The second-order valence-corrected chi connectivity index (χ2v) is 2.89. The van der Waals surface area contributed by atoms with Gasteiger partial charge in [0.05, 0.1) is 0 Å². The fourth-order valence-electron chi connectivity index (χ4n) is 1.02. The van der Waals surface area contributed by atoms with Crippen LogP contribution in [0.2, 0.25) is 0 Å². The first-order valence-electron chi connectivity index (χ1n) is 3.58. The molecule has 0 aromatic carbocycles. The fourth-order valence-corrected chi connectivity index (χ4v) is 1.02. The number of hydrogen-bond acceptors (Lipinski definition) is 0. The van der Waals surface area contributed by atoms with Crippen molar-refractivity contribution in [2.45, 2.75) is 27.7 Å². The Morgan fingerprint density at radius 1 is 1.27 bits per heavy atom. The summed E-state index contributed by atoms with van der Waals surface area (Å²) < 4.78 is 0. The average molecular weight is 140 g/mol. The smallest absolute Gasteiger partial charge is 0.277 e. The molecule has 1 aliphatic carbocycles. The van der Waals surface area contributed by atoms with Gasteiger partial charge < -0.3 is 0 Å². The van der Waals surface area contributed by atoms with Crippen LogP contribution in [0.25, 0.3) is 0 Å². The molecule has 54 valence electrons. The summed E-state index contributed by atoms with van der Waals surface area (Å²) in [5.41, 5.74) is 7.18. The maximum Gasteiger partial charge on any atom is 1.00 e. The van der Waals surface area contributed by atoms with Crippen LogP contribution in [0, 0.1) is 5.92 Å². The molecule has 11 heavy (non-hydrogen) atoms. The largest absolute Gasteiger partial charge is 1.00 e. The molecular formula is C10H13Li. The van der Waals surface area contributed by atoms with Crippen LogP contribution in [0.5, 0.6) is 0 Å². The van der Waals surface area contributed by atoms with Gasteiger partial charge in [0.15, 0.2) is 0 Å². The molecule has 0 spiro atoms. The van der Waals surface area contributed by atoms with Crippen LogP contribution in [0.15, 0.2) is 28.5 Å². The third-order valence-corrected chi connectivity index (χ3v) is 1.99. The number of allylic oxidation sites excluding steroid dienone is 3. The van der Waals surface area contributed by atoms with Gasteiger partial charge in [-0.2, -0.15) is 6.08 Å². The second kappa shape index (κ2) is 3.93. The van der Waals surface area contributed by atoms with Gasteiger partial charge in [-0.1, -0.05) is 27.7 Å².